The number of azo groups is 1. The Morgan fingerprint density at radius 1 is 1.07 bits per heavy atom. The molecule has 9 heteroatoms. The van der Waals surface area contributed by atoms with Crippen molar-refractivity contribution in [1.29, 1.82) is 0 Å². The van der Waals surface area contributed by atoms with Gasteiger partial charge in [0.15, 0.2) is 17.3 Å². The van der Waals surface area contributed by atoms with E-state index in [9.17, 15) is 9.59 Å². The number of ketones is 1. The highest BCUT2D eigenvalue weighted by Gasteiger charge is 2.26. The van der Waals surface area contributed by atoms with Gasteiger partial charge in [-0.2, -0.15) is 10.2 Å². The van der Waals surface area contributed by atoms with Gasteiger partial charge in [-0.1, -0.05) is 23.2 Å². The van der Waals surface area contributed by atoms with Gasteiger partial charge in [0.1, 0.15) is 5.69 Å². The van der Waals surface area contributed by atoms with Crippen LogP contribution in [0.15, 0.2) is 40.6 Å². The van der Waals surface area contributed by atoms with Crippen LogP contribution in [0.1, 0.15) is 12.5 Å². The Labute approximate surface area is 172 Å². The third-order valence-electron chi connectivity index (χ3n) is 3.81. The first-order valence-corrected chi connectivity index (χ1v) is 8.92. The summed E-state index contributed by atoms with van der Waals surface area (Å²) in [6.07, 6.45) is 0. The Balaban J connectivity index is 2.30. The molecular formula is C19H19Cl2N3O4. The normalized spacial score (nSPS) is 11.9. The lowest BCUT2D eigenvalue weighted by atomic mass is 10.2. The molecule has 1 amide bonds. The van der Waals surface area contributed by atoms with Crippen LogP contribution in [-0.4, -0.2) is 32.0 Å². The van der Waals surface area contributed by atoms with Crippen LogP contribution in [0.4, 0.5) is 11.4 Å². The summed E-state index contributed by atoms with van der Waals surface area (Å²) >= 11 is 12.1. The molecule has 2 aromatic rings. The van der Waals surface area contributed by atoms with Crippen LogP contribution in [-0.2, 0) is 9.59 Å². The molecule has 0 aliphatic carbocycles. The molecule has 1 N–H and O–H groups in total. The maximum absolute atomic E-state index is 12.7. The number of halogens is 2. The number of anilines is 1. The van der Waals surface area contributed by atoms with Gasteiger partial charge in [-0.05, 0) is 49.7 Å². The van der Waals surface area contributed by atoms with E-state index in [4.69, 9.17) is 32.7 Å². The van der Waals surface area contributed by atoms with E-state index in [0.717, 1.165) is 5.56 Å². The Hall–Kier alpha value is -2.64. The van der Waals surface area contributed by atoms with Crippen LogP contribution in [0.5, 0.6) is 11.5 Å². The van der Waals surface area contributed by atoms with Gasteiger partial charge in [0.25, 0.3) is 5.91 Å². The van der Waals surface area contributed by atoms with Gasteiger partial charge in [0, 0.05) is 5.02 Å². The second-order valence-electron chi connectivity index (χ2n) is 5.81. The predicted molar refractivity (Wildman–Crippen MR) is 108 cm³/mol. The molecule has 148 valence electrons. The summed E-state index contributed by atoms with van der Waals surface area (Å²) in [5.74, 6) is -0.573. The minimum absolute atomic E-state index is 0.178. The lowest BCUT2D eigenvalue weighted by molar-refractivity contribution is -0.126. The molecule has 1 unspecified atom stereocenters. The van der Waals surface area contributed by atoms with Crippen molar-refractivity contribution in [3.63, 3.8) is 0 Å². The molecule has 0 saturated carbocycles. The molecule has 28 heavy (non-hydrogen) atoms. The van der Waals surface area contributed by atoms with E-state index in [1.807, 2.05) is 6.92 Å². The van der Waals surface area contributed by atoms with Crippen LogP contribution < -0.4 is 14.8 Å². The highest BCUT2D eigenvalue weighted by atomic mass is 35.5. The van der Waals surface area contributed by atoms with E-state index in [2.05, 4.69) is 15.5 Å². The number of aryl methyl sites for hydroxylation is 1. The standard InChI is InChI=1S/C19H19Cl2N3O4/c1-10-9-12(5-6-13(10)20)23-24-16(11(2)25)19(26)22-17-14(21)7-8-15(27-3)18(17)28-4/h5-9,16H,1-4H3,(H,22,26). The predicted octanol–water partition coefficient (Wildman–Crippen LogP) is 5.00. The van der Waals surface area contributed by atoms with Crippen LogP contribution in [0, 0.1) is 6.92 Å². The van der Waals surface area contributed by atoms with Gasteiger partial charge in [-0.3, -0.25) is 9.59 Å². The van der Waals surface area contributed by atoms with E-state index in [1.54, 1.807) is 30.3 Å². The van der Waals surface area contributed by atoms with Crippen molar-refractivity contribution in [2.75, 3.05) is 19.5 Å². The number of hydrogen-bond acceptors (Lipinski definition) is 6. The molecule has 2 rings (SSSR count). The number of ether oxygens (including phenoxy) is 2. The Morgan fingerprint density at radius 3 is 2.32 bits per heavy atom. The number of nitrogens with one attached hydrogen (secondary N) is 1. The van der Waals surface area contributed by atoms with Crippen molar-refractivity contribution in [1.82, 2.24) is 0 Å². The molecule has 0 bridgehead atoms. The molecule has 1 atom stereocenters. The van der Waals surface area contributed by atoms with Gasteiger partial charge in [-0.25, -0.2) is 0 Å². The first kappa shape index (κ1) is 21.7. The number of hydrogen-bond donors (Lipinski definition) is 1. The average molecular weight is 424 g/mol. The van der Waals surface area contributed by atoms with E-state index < -0.39 is 17.7 Å². The van der Waals surface area contributed by atoms with Crippen LogP contribution >= 0.6 is 23.2 Å². The molecule has 7 nitrogen and oxygen atoms in total. The second kappa shape index (κ2) is 9.52. The zero-order valence-electron chi connectivity index (χ0n) is 15.7. The number of methoxy groups -OCH3 is 2. The van der Waals surface area contributed by atoms with Crippen molar-refractivity contribution < 1.29 is 19.1 Å². The van der Waals surface area contributed by atoms with Gasteiger partial charge in [0.05, 0.1) is 24.9 Å². The quantitative estimate of drug-likeness (QED) is 0.501. The summed E-state index contributed by atoms with van der Waals surface area (Å²) < 4.78 is 10.5. The number of rotatable bonds is 7. The first-order chi connectivity index (χ1) is 13.3. The van der Waals surface area contributed by atoms with Gasteiger partial charge >= 0.3 is 0 Å². The summed E-state index contributed by atoms with van der Waals surface area (Å²) in [7, 11) is 2.87. The number of carbonyl (C=O) groups is 2. The molecule has 0 aliphatic heterocycles. The number of amides is 1. The summed E-state index contributed by atoms with van der Waals surface area (Å²) in [5, 5.41) is 11.3. The highest BCUT2D eigenvalue weighted by molar-refractivity contribution is 6.34. The third-order valence-corrected chi connectivity index (χ3v) is 4.55. The van der Waals surface area contributed by atoms with Gasteiger partial charge in [-0.15, -0.1) is 0 Å². The minimum atomic E-state index is -1.36. The largest absolute Gasteiger partial charge is 0.493 e. The Kier molecular flexibility index (Phi) is 7.37. The number of benzene rings is 2. The minimum Gasteiger partial charge on any atom is -0.493 e. The summed E-state index contributed by atoms with van der Waals surface area (Å²) in [6.45, 7) is 3.06. The van der Waals surface area contributed by atoms with Crippen molar-refractivity contribution >= 4 is 46.3 Å². The van der Waals surface area contributed by atoms with Crippen molar-refractivity contribution in [2.45, 2.75) is 19.9 Å². The Bertz CT molecular complexity index is 932. The van der Waals surface area contributed by atoms with Crippen molar-refractivity contribution in [3.05, 3.63) is 45.9 Å². The maximum Gasteiger partial charge on any atom is 0.258 e. The zero-order chi connectivity index (χ0) is 20.8. The van der Waals surface area contributed by atoms with Gasteiger partial charge < -0.3 is 14.8 Å². The summed E-state index contributed by atoms with van der Waals surface area (Å²) in [5.41, 5.74) is 1.45. The topological polar surface area (TPSA) is 89.4 Å². The van der Waals surface area contributed by atoms with E-state index in [0.29, 0.717) is 16.5 Å². The Morgan fingerprint density at radius 2 is 1.75 bits per heavy atom. The molecule has 0 aliphatic rings. The molecule has 0 heterocycles. The second-order valence-corrected chi connectivity index (χ2v) is 6.62. The molecule has 0 radical (unpaired) electrons. The number of carbonyl (C=O) groups excluding carboxylic acids is 2. The van der Waals surface area contributed by atoms with Crippen LogP contribution in [0.3, 0.4) is 0 Å². The number of nitrogens with zero attached hydrogens (tertiary/aromatic N) is 2. The maximum atomic E-state index is 12.7. The number of Topliss-reactive ketones (excluding diaryl/α,β-unsaturated/α-hetero) is 1. The smallest absolute Gasteiger partial charge is 0.258 e. The highest BCUT2D eigenvalue weighted by Crippen LogP contribution is 2.40. The SMILES string of the molecule is COc1ccc(Cl)c(NC(=O)C(N=Nc2ccc(Cl)c(C)c2)C(C)=O)c1OC. The van der Waals surface area contributed by atoms with E-state index in [-0.39, 0.29) is 16.5 Å². The van der Waals surface area contributed by atoms with Crippen LogP contribution in [0.25, 0.3) is 0 Å². The summed E-state index contributed by atoms with van der Waals surface area (Å²) in [4.78, 5) is 24.6. The van der Waals surface area contributed by atoms with E-state index in [1.165, 1.54) is 21.1 Å². The summed E-state index contributed by atoms with van der Waals surface area (Å²) in [6, 6.07) is 6.78. The fourth-order valence-corrected chi connectivity index (χ4v) is 2.66. The van der Waals surface area contributed by atoms with Gasteiger partial charge in [0.2, 0.25) is 6.04 Å². The fourth-order valence-electron chi connectivity index (χ4n) is 2.34. The molecule has 0 fully saturated rings. The molecule has 0 saturated heterocycles. The first-order valence-electron chi connectivity index (χ1n) is 8.17. The zero-order valence-corrected chi connectivity index (χ0v) is 17.3. The monoisotopic (exact) mass is 423 g/mol. The van der Waals surface area contributed by atoms with Crippen molar-refractivity contribution in [2.24, 2.45) is 10.2 Å². The average Bonchev–Trinajstić information content (AvgIpc) is 2.65. The molecule has 0 aromatic heterocycles. The third kappa shape index (κ3) is 4.99. The lowest BCUT2D eigenvalue weighted by Gasteiger charge is -2.16. The van der Waals surface area contributed by atoms with E-state index >= 15 is 0 Å². The fraction of sp³-hybridized carbons (Fsp3) is 0.263. The van der Waals surface area contributed by atoms with Crippen LogP contribution in [0.2, 0.25) is 10.0 Å². The lowest BCUT2D eigenvalue weighted by Crippen LogP contribution is -2.32. The molecule has 0 spiro atoms. The van der Waals surface area contributed by atoms with Crippen molar-refractivity contribution in [3.8, 4) is 11.5 Å². The molecule has 2 aromatic carbocycles. The molecular weight excluding hydrogens is 405 g/mol.